The largest absolute Gasteiger partial charge is 0.416 e. The predicted molar refractivity (Wildman–Crippen MR) is 62.4 cm³/mol. The number of hydrogen-bond donors (Lipinski definition) is 2. The van der Waals surface area contributed by atoms with Gasteiger partial charge >= 0.3 is 12.2 Å². The van der Waals surface area contributed by atoms with Gasteiger partial charge in [-0.05, 0) is 30.7 Å². The van der Waals surface area contributed by atoms with E-state index >= 15 is 0 Å². The molecule has 7 heteroatoms. The number of alkyl halides is 3. The van der Waals surface area contributed by atoms with E-state index < -0.39 is 17.8 Å². The van der Waals surface area contributed by atoms with Gasteiger partial charge in [-0.1, -0.05) is 0 Å². The maximum atomic E-state index is 12.3. The quantitative estimate of drug-likeness (QED) is 0.594. The van der Waals surface area contributed by atoms with Crippen LogP contribution < -0.4 is 8.85 Å². The molecule has 0 radical (unpaired) electrons. The Morgan fingerprint density at radius 2 is 2.00 bits per heavy atom. The van der Waals surface area contributed by atoms with Crippen molar-refractivity contribution in [3.05, 3.63) is 29.3 Å². The first-order valence-electron chi connectivity index (χ1n) is 4.20. The first-order chi connectivity index (χ1) is 7.34. The average molecular weight is 344 g/mol. The maximum Gasteiger partial charge on any atom is 0.416 e. The summed E-state index contributed by atoms with van der Waals surface area (Å²) >= 11 is 1.63. The third-order valence-electron chi connectivity index (χ3n) is 1.89. The number of rotatable bonds is 1. The Hall–Kier alpha value is -0.990. The van der Waals surface area contributed by atoms with Crippen LogP contribution in [0.5, 0.6) is 0 Å². The number of halogens is 4. The van der Waals surface area contributed by atoms with Gasteiger partial charge in [-0.15, -0.1) is 0 Å². The summed E-state index contributed by atoms with van der Waals surface area (Å²) in [4.78, 5) is 11.0. The van der Waals surface area contributed by atoms with Crippen molar-refractivity contribution in [2.24, 2.45) is 0 Å². The van der Waals surface area contributed by atoms with Crippen molar-refractivity contribution in [2.75, 3.05) is 5.32 Å². The Morgan fingerprint density at radius 3 is 2.44 bits per heavy atom. The maximum absolute atomic E-state index is 12.3. The number of carbonyl (C=O) groups is 1. The second-order valence-electron chi connectivity index (χ2n) is 3.08. The highest BCUT2D eigenvalue weighted by atomic mass is 127. The van der Waals surface area contributed by atoms with Gasteiger partial charge in [0.2, 0.25) is 0 Å². The zero-order valence-corrected chi connectivity index (χ0v) is 10.3. The lowest BCUT2D eigenvalue weighted by Gasteiger charge is -2.11. The molecule has 0 atom stereocenters. The molecule has 88 valence electrons. The molecule has 1 aromatic rings. The molecule has 0 saturated heterocycles. The van der Waals surface area contributed by atoms with Crippen LogP contribution in [0.15, 0.2) is 18.2 Å². The second-order valence-corrected chi connectivity index (χ2v) is 3.62. The fourth-order valence-corrected chi connectivity index (χ4v) is 1.26. The van der Waals surface area contributed by atoms with Crippen LogP contribution in [0, 0.1) is 6.92 Å². The lowest BCUT2D eigenvalue weighted by Crippen LogP contribution is -2.20. The Balaban J connectivity index is 2.96. The van der Waals surface area contributed by atoms with Gasteiger partial charge in [0.1, 0.15) is 0 Å². The van der Waals surface area contributed by atoms with Crippen molar-refractivity contribution in [2.45, 2.75) is 13.1 Å². The van der Waals surface area contributed by atoms with E-state index in [-0.39, 0.29) is 0 Å². The smallest absolute Gasteiger partial charge is 0.307 e. The first kappa shape index (κ1) is 13.1. The van der Waals surface area contributed by atoms with Crippen molar-refractivity contribution in [3.63, 3.8) is 0 Å². The topological polar surface area (TPSA) is 41.1 Å². The van der Waals surface area contributed by atoms with Gasteiger partial charge in [0, 0.05) is 5.69 Å². The number of benzene rings is 1. The van der Waals surface area contributed by atoms with Gasteiger partial charge in [-0.3, -0.25) is 3.53 Å². The van der Waals surface area contributed by atoms with E-state index in [0.29, 0.717) is 11.3 Å². The van der Waals surface area contributed by atoms with E-state index in [1.165, 1.54) is 13.0 Å². The molecule has 0 saturated carbocycles. The van der Waals surface area contributed by atoms with Crippen LogP contribution in [-0.2, 0) is 6.18 Å². The van der Waals surface area contributed by atoms with Crippen LogP contribution >= 0.6 is 22.9 Å². The molecule has 0 aliphatic carbocycles. The second kappa shape index (κ2) is 4.89. The van der Waals surface area contributed by atoms with Crippen LogP contribution in [0.4, 0.5) is 23.7 Å². The van der Waals surface area contributed by atoms with Gasteiger partial charge in [-0.2, -0.15) is 13.2 Å². The van der Waals surface area contributed by atoms with Crippen LogP contribution in [0.1, 0.15) is 11.1 Å². The molecular formula is C9H8F3IN2O. The Morgan fingerprint density at radius 1 is 1.38 bits per heavy atom. The number of nitrogens with one attached hydrogen (secondary N) is 2. The summed E-state index contributed by atoms with van der Waals surface area (Å²) in [5, 5.41) is 2.41. The molecule has 3 nitrogen and oxygen atoms in total. The van der Waals surface area contributed by atoms with Crippen molar-refractivity contribution in [3.8, 4) is 0 Å². The van der Waals surface area contributed by atoms with Gasteiger partial charge in [0.25, 0.3) is 0 Å². The summed E-state index contributed by atoms with van der Waals surface area (Å²) in [6, 6.07) is 2.66. The minimum Gasteiger partial charge on any atom is -0.307 e. The predicted octanol–water partition coefficient (Wildman–Crippen LogP) is 3.49. The summed E-state index contributed by atoms with van der Waals surface area (Å²) < 4.78 is 39.3. The summed E-state index contributed by atoms with van der Waals surface area (Å²) in [6.45, 7) is 1.50. The van der Waals surface area contributed by atoms with Crippen LogP contribution in [-0.4, -0.2) is 6.03 Å². The molecule has 0 unspecified atom stereocenters. The van der Waals surface area contributed by atoms with E-state index in [0.717, 1.165) is 12.1 Å². The number of anilines is 1. The van der Waals surface area contributed by atoms with E-state index in [2.05, 4.69) is 8.85 Å². The highest BCUT2D eigenvalue weighted by molar-refractivity contribution is 14.1. The molecule has 0 aromatic heterocycles. The van der Waals surface area contributed by atoms with E-state index in [1.807, 2.05) is 0 Å². The standard InChI is InChI=1S/C9H8F3IN2O/c1-5-4-6(9(10,11)12)2-3-7(5)14-8(16)15-13/h2-4H,1H3,(H2,14,15,16). The molecule has 16 heavy (non-hydrogen) atoms. The lowest BCUT2D eigenvalue weighted by molar-refractivity contribution is -0.137. The number of amides is 2. The Labute approximate surface area is 104 Å². The van der Waals surface area contributed by atoms with E-state index in [9.17, 15) is 18.0 Å². The number of carbonyl (C=O) groups excluding carboxylic acids is 1. The Kier molecular flexibility index (Phi) is 4.00. The summed E-state index contributed by atoms with van der Waals surface area (Å²) in [5.74, 6) is 0. The first-order valence-corrected chi connectivity index (χ1v) is 5.28. The van der Waals surface area contributed by atoms with Gasteiger partial charge < -0.3 is 5.32 Å². The number of urea groups is 1. The van der Waals surface area contributed by atoms with Crippen LogP contribution in [0.2, 0.25) is 0 Å². The van der Waals surface area contributed by atoms with Crippen molar-refractivity contribution in [1.82, 2.24) is 3.53 Å². The average Bonchev–Trinajstić information content (AvgIpc) is 2.19. The molecule has 1 aromatic carbocycles. The van der Waals surface area contributed by atoms with Gasteiger partial charge in [0.05, 0.1) is 28.4 Å². The fraction of sp³-hybridized carbons (Fsp3) is 0.222. The summed E-state index contributed by atoms with van der Waals surface area (Å²) in [7, 11) is 0. The highest BCUT2D eigenvalue weighted by Crippen LogP contribution is 2.31. The molecule has 0 aliphatic rings. The zero-order valence-electron chi connectivity index (χ0n) is 8.15. The molecule has 1 rings (SSSR count). The third kappa shape index (κ3) is 3.26. The monoisotopic (exact) mass is 344 g/mol. The molecule has 0 fully saturated rings. The van der Waals surface area contributed by atoms with E-state index in [4.69, 9.17) is 0 Å². The molecule has 0 spiro atoms. The Bertz CT molecular complexity index is 406. The molecule has 2 amide bonds. The normalized spacial score (nSPS) is 11.1. The minimum absolute atomic E-state index is 0.349. The van der Waals surface area contributed by atoms with Crippen molar-refractivity contribution < 1.29 is 18.0 Å². The van der Waals surface area contributed by atoms with Gasteiger partial charge in [-0.25, -0.2) is 4.79 Å². The van der Waals surface area contributed by atoms with Crippen molar-refractivity contribution in [1.29, 1.82) is 0 Å². The number of hydrogen-bond acceptors (Lipinski definition) is 1. The number of aryl methyl sites for hydroxylation is 1. The minimum atomic E-state index is -4.37. The fourth-order valence-electron chi connectivity index (χ4n) is 1.13. The highest BCUT2D eigenvalue weighted by Gasteiger charge is 2.30. The van der Waals surface area contributed by atoms with Gasteiger partial charge in [0.15, 0.2) is 0 Å². The van der Waals surface area contributed by atoms with Crippen molar-refractivity contribution >= 4 is 34.6 Å². The molecule has 0 aliphatic heterocycles. The molecule has 0 heterocycles. The molecule has 0 bridgehead atoms. The van der Waals surface area contributed by atoms with Crippen LogP contribution in [0.25, 0.3) is 0 Å². The third-order valence-corrected chi connectivity index (χ3v) is 2.38. The zero-order chi connectivity index (χ0) is 12.3. The SMILES string of the molecule is Cc1cc(C(F)(F)F)ccc1NC(=O)NI. The molecule has 2 N–H and O–H groups in total. The van der Waals surface area contributed by atoms with Crippen LogP contribution in [0.3, 0.4) is 0 Å². The molecular weight excluding hydrogens is 336 g/mol. The summed E-state index contributed by atoms with van der Waals surface area (Å²) in [6.07, 6.45) is -4.37. The lowest BCUT2D eigenvalue weighted by atomic mass is 10.1. The summed E-state index contributed by atoms with van der Waals surface area (Å²) in [5.41, 5.74) is -0.0255. The van der Waals surface area contributed by atoms with E-state index in [1.54, 1.807) is 22.9 Å².